The van der Waals surface area contributed by atoms with Gasteiger partial charge in [-0.1, -0.05) is 26.0 Å². The van der Waals surface area contributed by atoms with Crippen molar-refractivity contribution in [2.24, 2.45) is 5.92 Å². The highest BCUT2D eigenvalue weighted by atomic mass is 79.9. The number of rotatable bonds is 7. The van der Waals surface area contributed by atoms with Gasteiger partial charge < -0.3 is 14.2 Å². The Morgan fingerprint density at radius 2 is 1.86 bits per heavy atom. The van der Waals surface area contributed by atoms with Crippen molar-refractivity contribution in [3.05, 3.63) is 46.6 Å². The van der Waals surface area contributed by atoms with Crippen molar-refractivity contribution < 1.29 is 14.2 Å². The number of ether oxygens (including phenoxy) is 3. The van der Waals surface area contributed by atoms with Crippen molar-refractivity contribution in [3.63, 3.8) is 0 Å². The molecule has 1 aromatic heterocycles. The summed E-state index contributed by atoms with van der Waals surface area (Å²) in [5.74, 6) is 2.41. The summed E-state index contributed by atoms with van der Waals surface area (Å²) in [7, 11) is 1.65. The zero-order valence-electron chi connectivity index (χ0n) is 13.0. The number of nitrogens with zero attached hydrogens (tertiary/aromatic N) is 1. The molecule has 0 radical (unpaired) electrons. The first-order valence-electron chi connectivity index (χ1n) is 7.12. The molecular weight excluding hydrogens is 346 g/mol. The molecule has 0 aliphatic rings. The maximum atomic E-state index is 5.79. The molecule has 0 aliphatic carbocycles. The Balaban J connectivity index is 2.04. The maximum Gasteiger partial charge on any atom is 0.257 e. The summed E-state index contributed by atoms with van der Waals surface area (Å²) in [6, 6.07) is 9.62. The van der Waals surface area contributed by atoms with E-state index in [1.165, 1.54) is 0 Å². The smallest absolute Gasteiger partial charge is 0.257 e. The number of aromatic nitrogens is 1. The molecule has 0 saturated heterocycles. The van der Waals surface area contributed by atoms with Gasteiger partial charge in [0.15, 0.2) is 5.75 Å². The van der Waals surface area contributed by atoms with E-state index in [1.54, 1.807) is 13.3 Å². The first-order valence-corrected chi connectivity index (χ1v) is 7.92. The largest absolute Gasteiger partial charge is 0.497 e. The lowest BCUT2D eigenvalue weighted by atomic mass is 10.2. The third kappa shape index (κ3) is 4.91. The third-order valence-electron chi connectivity index (χ3n) is 2.89. The highest BCUT2D eigenvalue weighted by molar-refractivity contribution is 9.10. The first-order chi connectivity index (χ1) is 10.6. The monoisotopic (exact) mass is 365 g/mol. The molecule has 5 heteroatoms. The molecule has 0 aliphatic heterocycles. The van der Waals surface area contributed by atoms with Gasteiger partial charge in [-0.2, -0.15) is 0 Å². The van der Waals surface area contributed by atoms with Crippen LogP contribution in [0.15, 0.2) is 41.0 Å². The summed E-state index contributed by atoms with van der Waals surface area (Å²) < 4.78 is 17.6. The molecule has 0 amide bonds. The van der Waals surface area contributed by atoms with Crippen molar-refractivity contribution in [2.75, 3.05) is 13.7 Å². The minimum absolute atomic E-state index is 0.427. The average molecular weight is 366 g/mol. The predicted molar refractivity (Wildman–Crippen MR) is 89.6 cm³/mol. The lowest BCUT2D eigenvalue weighted by molar-refractivity contribution is 0.233. The molecule has 1 heterocycles. The van der Waals surface area contributed by atoms with Gasteiger partial charge in [-0.15, -0.1) is 0 Å². The molecule has 0 atom stereocenters. The lowest BCUT2D eigenvalue weighted by Gasteiger charge is -2.13. The zero-order valence-corrected chi connectivity index (χ0v) is 14.6. The van der Waals surface area contributed by atoms with Crippen LogP contribution < -0.4 is 14.2 Å². The molecule has 0 unspecified atom stereocenters. The van der Waals surface area contributed by atoms with Crippen molar-refractivity contribution in [1.82, 2.24) is 4.98 Å². The molecule has 0 bridgehead atoms. The van der Waals surface area contributed by atoms with Gasteiger partial charge in [0, 0.05) is 16.7 Å². The van der Waals surface area contributed by atoms with Gasteiger partial charge in [0.2, 0.25) is 0 Å². The topological polar surface area (TPSA) is 40.6 Å². The number of benzene rings is 1. The predicted octanol–water partition coefficient (Wildman–Crippen LogP) is 4.47. The van der Waals surface area contributed by atoms with E-state index in [0.29, 0.717) is 30.8 Å². The van der Waals surface area contributed by atoms with Gasteiger partial charge in [-0.25, -0.2) is 4.98 Å². The average Bonchev–Trinajstić information content (AvgIpc) is 2.52. The summed E-state index contributed by atoms with van der Waals surface area (Å²) >= 11 is 3.40. The summed E-state index contributed by atoms with van der Waals surface area (Å²) in [5, 5.41) is 0. The van der Waals surface area contributed by atoms with Gasteiger partial charge in [0.25, 0.3) is 5.88 Å². The second-order valence-electron chi connectivity index (χ2n) is 5.30. The van der Waals surface area contributed by atoms with E-state index in [4.69, 9.17) is 14.2 Å². The number of methoxy groups -OCH3 is 1. The zero-order chi connectivity index (χ0) is 15.9. The van der Waals surface area contributed by atoms with Crippen LogP contribution in [0.5, 0.6) is 17.4 Å². The van der Waals surface area contributed by atoms with Crippen LogP contribution in [0.25, 0.3) is 0 Å². The minimum atomic E-state index is 0.427. The van der Waals surface area contributed by atoms with E-state index in [2.05, 4.69) is 34.8 Å². The molecule has 22 heavy (non-hydrogen) atoms. The molecule has 0 fully saturated rings. The second-order valence-corrected chi connectivity index (χ2v) is 6.21. The fourth-order valence-corrected chi connectivity index (χ4v) is 2.06. The number of hydrogen-bond acceptors (Lipinski definition) is 4. The van der Waals surface area contributed by atoms with E-state index < -0.39 is 0 Å². The highest BCUT2D eigenvalue weighted by Gasteiger charge is 2.09. The van der Waals surface area contributed by atoms with Gasteiger partial charge in [0.05, 0.1) is 13.7 Å². The summed E-state index contributed by atoms with van der Waals surface area (Å²) in [5.41, 5.74) is 1.04. The van der Waals surface area contributed by atoms with E-state index in [9.17, 15) is 0 Å². The van der Waals surface area contributed by atoms with Crippen LogP contribution in [-0.4, -0.2) is 18.7 Å². The van der Waals surface area contributed by atoms with Crippen LogP contribution in [0.2, 0.25) is 0 Å². The van der Waals surface area contributed by atoms with E-state index in [0.717, 1.165) is 15.8 Å². The lowest BCUT2D eigenvalue weighted by Crippen LogP contribution is -2.07. The van der Waals surface area contributed by atoms with Crippen molar-refractivity contribution in [2.45, 2.75) is 20.5 Å². The van der Waals surface area contributed by atoms with Crippen LogP contribution in [-0.2, 0) is 6.61 Å². The first kappa shape index (κ1) is 16.6. The van der Waals surface area contributed by atoms with Gasteiger partial charge in [0.1, 0.15) is 12.4 Å². The van der Waals surface area contributed by atoms with Gasteiger partial charge in [-0.05, 0) is 39.5 Å². The summed E-state index contributed by atoms with van der Waals surface area (Å²) in [6.07, 6.45) is 1.70. The van der Waals surface area contributed by atoms with E-state index >= 15 is 0 Å². The normalized spacial score (nSPS) is 10.6. The standard InChI is InChI=1S/C17H20BrNO3/c1-12(2)10-21-16-8-14(18)9-19-17(16)22-11-13-4-6-15(20-3)7-5-13/h4-9,12H,10-11H2,1-3H3. The van der Waals surface area contributed by atoms with Crippen LogP contribution in [0, 0.1) is 5.92 Å². The Morgan fingerprint density at radius 3 is 2.50 bits per heavy atom. The molecule has 0 spiro atoms. The molecule has 118 valence electrons. The molecule has 2 rings (SSSR count). The fraction of sp³-hybridized carbons (Fsp3) is 0.353. The fourth-order valence-electron chi connectivity index (χ4n) is 1.75. The Labute approximate surface area is 139 Å². The summed E-state index contributed by atoms with van der Waals surface area (Å²) in [6.45, 7) is 5.25. The molecule has 2 aromatic rings. The number of pyridine rings is 1. The SMILES string of the molecule is COc1ccc(COc2ncc(Br)cc2OCC(C)C)cc1. The van der Waals surface area contributed by atoms with Crippen molar-refractivity contribution >= 4 is 15.9 Å². The molecule has 0 N–H and O–H groups in total. The van der Waals surface area contributed by atoms with Crippen molar-refractivity contribution in [1.29, 1.82) is 0 Å². The molecular formula is C17H20BrNO3. The summed E-state index contributed by atoms with van der Waals surface area (Å²) in [4.78, 5) is 4.29. The highest BCUT2D eigenvalue weighted by Crippen LogP contribution is 2.29. The van der Waals surface area contributed by atoms with Crippen LogP contribution in [0.4, 0.5) is 0 Å². The Kier molecular flexibility index (Phi) is 6.07. The second kappa shape index (κ2) is 8.03. The molecule has 1 aromatic carbocycles. The maximum absolute atomic E-state index is 5.79. The van der Waals surface area contributed by atoms with Gasteiger partial charge >= 0.3 is 0 Å². The molecule has 0 saturated carbocycles. The third-order valence-corrected chi connectivity index (χ3v) is 3.33. The number of hydrogen-bond donors (Lipinski definition) is 0. The molecule has 4 nitrogen and oxygen atoms in total. The van der Waals surface area contributed by atoms with E-state index in [-0.39, 0.29) is 0 Å². The minimum Gasteiger partial charge on any atom is -0.497 e. The van der Waals surface area contributed by atoms with Crippen LogP contribution in [0.1, 0.15) is 19.4 Å². The van der Waals surface area contributed by atoms with Crippen LogP contribution in [0.3, 0.4) is 0 Å². The van der Waals surface area contributed by atoms with E-state index in [1.807, 2.05) is 30.3 Å². The Hall–Kier alpha value is -1.75. The number of halogens is 1. The van der Waals surface area contributed by atoms with Crippen molar-refractivity contribution in [3.8, 4) is 17.4 Å². The Morgan fingerprint density at radius 1 is 1.14 bits per heavy atom. The Bertz CT molecular complexity index is 599. The van der Waals surface area contributed by atoms with Crippen LogP contribution >= 0.6 is 15.9 Å². The van der Waals surface area contributed by atoms with Gasteiger partial charge in [-0.3, -0.25) is 0 Å². The quantitative estimate of drug-likeness (QED) is 0.725.